The molecule has 0 amide bonds. The Morgan fingerprint density at radius 1 is 1.06 bits per heavy atom. The van der Waals surface area contributed by atoms with Crippen LogP contribution in [0.25, 0.3) is 0 Å². The van der Waals surface area contributed by atoms with E-state index >= 15 is 0 Å². The van der Waals surface area contributed by atoms with Gasteiger partial charge in [0.25, 0.3) is 0 Å². The van der Waals surface area contributed by atoms with Crippen LogP contribution < -0.4 is 14.2 Å². The molecule has 88 valence electrons. The molecule has 0 aliphatic carbocycles. The quantitative estimate of drug-likeness (QED) is 0.822. The van der Waals surface area contributed by atoms with Gasteiger partial charge in [-0.3, -0.25) is 4.79 Å². The number of halogens is 1. The van der Waals surface area contributed by atoms with Crippen molar-refractivity contribution in [1.82, 2.24) is 0 Å². The van der Waals surface area contributed by atoms with Gasteiger partial charge < -0.3 is 19.3 Å². The Balaban J connectivity index is 3.67. The average Bonchev–Trinajstić information content (AvgIpc) is 2.30. The normalized spacial score (nSPS) is 9.75. The summed E-state index contributed by atoms with van der Waals surface area (Å²) >= 11 is 5.95. The smallest absolute Gasteiger partial charge is 0.205 e. The van der Waals surface area contributed by atoms with Gasteiger partial charge in [-0.15, -0.1) is 0 Å². The van der Waals surface area contributed by atoms with Crippen molar-refractivity contribution >= 4 is 17.9 Å². The molecule has 0 unspecified atom stereocenters. The molecule has 0 fully saturated rings. The van der Waals surface area contributed by atoms with E-state index in [1.807, 2.05) is 0 Å². The molecule has 0 heterocycles. The van der Waals surface area contributed by atoms with Crippen LogP contribution in [0, 0.1) is 0 Å². The molecule has 6 heteroatoms. The van der Waals surface area contributed by atoms with Gasteiger partial charge >= 0.3 is 0 Å². The SMILES string of the molecule is COc1c(Cl)c(OC)c(OC)c(O)c1C=O. The minimum atomic E-state index is -0.365. The number of carbonyl (C=O) groups excluding carboxylic acids is 1. The molecule has 0 bridgehead atoms. The van der Waals surface area contributed by atoms with Crippen LogP contribution in [-0.4, -0.2) is 32.7 Å². The van der Waals surface area contributed by atoms with Gasteiger partial charge in [0.15, 0.2) is 23.5 Å². The van der Waals surface area contributed by atoms with Crippen LogP contribution in [0.1, 0.15) is 10.4 Å². The van der Waals surface area contributed by atoms with E-state index in [1.165, 1.54) is 21.3 Å². The van der Waals surface area contributed by atoms with E-state index < -0.39 is 0 Å². The summed E-state index contributed by atoms with van der Waals surface area (Å²) in [6.45, 7) is 0. The standard InChI is InChI=1S/C10H11ClO5/c1-14-8-5(4-12)7(13)10(16-3)9(15-2)6(8)11/h4,13H,1-3H3. The monoisotopic (exact) mass is 246 g/mol. The lowest BCUT2D eigenvalue weighted by molar-refractivity contribution is 0.111. The Morgan fingerprint density at radius 3 is 1.94 bits per heavy atom. The summed E-state index contributed by atoms with van der Waals surface area (Å²) in [7, 11) is 4.03. The molecule has 0 aliphatic heterocycles. The van der Waals surface area contributed by atoms with Crippen molar-refractivity contribution in [1.29, 1.82) is 0 Å². The molecule has 5 nitrogen and oxygen atoms in total. The van der Waals surface area contributed by atoms with Gasteiger partial charge in [-0.25, -0.2) is 0 Å². The van der Waals surface area contributed by atoms with Crippen molar-refractivity contribution in [3.63, 3.8) is 0 Å². The Kier molecular flexibility index (Phi) is 3.84. The molecule has 0 spiro atoms. The highest BCUT2D eigenvalue weighted by Gasteiger charge is 2.24. The first-order valence-electron chi connectivity index (χ1n) is 4.27. The fraction of sp³-hybridized carbons (Fsp3) is 0.300. The third kappa shape index (κ3) is 1.74. The maximum Gasteiger partial charge on any atom is 0.205 e. The van der Waals surface area contributed by atoms with Gasteiger partial charge in [0.1, 0.15) is 10.6 Å². The molecule has 0 saturated carbocycles. The van der Waals surface area contributed by atoms with E-state index in [-0.39, 0.29) is 33.6 Å². The zero-order valence-corrected chi connectivity index (χ0v) is 9.79. The predicted octanol–water partition coefficient (Wildman–Crippen LogP) is 1.88. The maximum absolute atomic E-state index is 10.8. The number of phenolic OH excluding ortho intramolecular Hbond substituents is 1. The van der Waals surface area contributed by atoms with Crippen molar-refractivity contribution in [2.45, 2.75) is 0 Å². The number of benzene rings is 1. The Bertz CT molecular complexity index is 416. The first-order chi connectivity index (χ1) is 7.62. The van der Waals surface area contributed by atoms with E-state index in [2.05, 4.69) is 0 Å². The topological polar surface area (TPSA) is 65.0 Å². The number of aldehydes is 1. The van der Waals surface area contributed by atoms with Crippen LogP contribution in [0.5, 0.6) is 23.0 Å². The van der Waals surface area contributed by atoms with E-state index in [0.29, 0.717) is 6.29 Å². The highest BCUT2D eigenvalue weighted by atomic mass is 35.5. The van der Waals surface area contributed by atoms with E-state index in [4.69, 9.17) is 25.8 Å². The number of hydrogen-bond donors (Lipinski definition) is 1. The molecule has 1 rings (SSSR count). The molecular formula is C10H11ClO5. The zero-order chi connectivity index (χ0) is 12.3. The largest absolute Gasteiger partial charge is 0.504 e. The summed E-state index contributed by atoms with van der Waals surface area (Å²) in [5, 5.41) is 9.83. The van der Waals surface area contributed by atoms with Gasteiger partial charge in [-0.1, -0.05) is 11.6 Å². The molecule has 0 aliphatic rings. The molecule has 0 saturated heterocycles. The first-order valence-corrected chi connectivity index (χ1v) is 4.65. The highest BCUT2D eigenvalue weighted by Crippen LogP contribution is 2.49. The zero-order valence-electron chi connectivity index (χ0n) is 9.04. The summed E-state index contributed by atoms with van der Waals surface area (Å²) in [5.74, 6) is -0.207. The van der Waals surface area contributed by atoms with Gasteiger partial charge in [0.05, 0.1) is 21.3 Å². The van der Waals surface area contributed by atoms with Gasteiger partial charge in [0.2, 0.25) is 5.75 Å². The van der Waals surface area contributed by atoms with Crippen LogP contribution in [0.3, 0.4) is 0 Å². The lowest BCUT2D eigenvalue weighted by Gasteiger charge is -2.15. The van der Waals surface area contributed by atoms with Crippen molar-refractivity contribution in [3.05, 3.63) is 10.6 Å². The summed E-state index contributed by atoms with van der Waals surface area (Å²) < 4.78 is 14.8. The van der Waals surface area contributed by atoms with Crippen LogP contribution in [0.2, 0.25) is 5.02 Å². The van der Waals surface area contributed by atoms with Crippen molar-refractivity contribution < 1.29 is 24.1 Å². The number of carbonyl (C=O) groups is 1. The lowest BCUT2D eigenvalue weighted by Crippen LogP contribution is -1.99. The molecular weight excluding hydrogens is 236 g/mol. The van der Waals surface area contributed by atoms with E-state index in [1.54, 1.807) is 0 Å². The van der Waals surface area contributed by atoms with E-state index in [0.717, 1.165) is 0 Å². The first kappa shape index (κ1) is 12.4. The number of hydrogen-bond acceptors (Lipinski definition) is 5. The molecule has 0 atom stereocenters. The van der Waals surface area contributed by atoms with Gasteiger partial charge in [-0.05, 0) is 0 Å². The molecule has 16 heavy (non-hydrogen) atoms. The fourth-order valence-electron chi connectivity index (χ4n) is 1.34. The Hall–Kier alpha value is -1.62. The number of aromatic hydroxyl groups is 1. The molecule has 0 radical (unpaired) electrons. The van der Waals surface area contributed by atoms with Gasteiger partial charge in [-0.2, -0.15) is 0 Å². The second-order valence-electron chi connectivity index (χ2n) is 2.79. The Labute approximate surface area is 97.5 Å². The summed E-state index contributed by atoms with van der Waals surface area (Å²) in [4.78, 5) is 10.8. The van der Waals surface area contributed by atoms with Crippen molar-refractivity contribution in [3.8, 4) is 23.0 Å². The van der Waals surface area contributed by atoms with E-state index in [9.17, 15) is 9.90 Å². The number of methoxy groups -OCH3 is 3. The molecule has 1 N–H and O–H groups in total. The van der Waals surface area contributed by atoms with Crippen LogP contribution in [0.4, 0.5) is 0 Å². The number of phenols is 1. The second kappa shape index (κ2) is 4.94. The van der Waals surface area contributed by atoms with Crippen LogP contribution >= 0.6 is 11.6 Å². The summed E-state index contributed by atoms with van der Waals surface area (Å²) in [6, 6.07) is 0. The Morgan fingerprint density at radius 2 is 1.56 bits per heavy atom. The van der Waals surface area contributed by atoms with Crippen LogP contribution in [-0.2, 0) is 0 Å². The summed E-state index contributed by atoms with van der Waals surface area (Å²) in [6.07, 6.45) is 0.433. The number of rotatable bonds is 4. The molecule has 1 aromatic carbocycles. The van der Waals surface area contributed by atoms with Gasteiger partial charge in [0, 0.05) is 0 Å². The van der Waals surface area contributed by atoms with Crippen LogP contribution in [0.15, 0.2) is 0 Å². The number of ether oxygens (including phenoxy) is 3. The molecule has 1 aromatic rings. The predicted molar refractivity (Wildman–Crippen MR) is 58.2 cm³/mol. The minimum Gasteiger partial charge on any atom is -0.504 e. The lowest BCUT2D eigenvalue weighted by atomic mass is 10.1. The van der Waals surface area contributed by atoms with Crippen molar-refractivity contribution in [2.75, 3.05) is 21.3 Å². The second-order valence-corrected chi connectivity index (χ2v) is 3.17. The minimum absolute atomic E-state index is 0.00426. The molecule has 0 aromatic heterocycles. The summed E-state index contributed by atoms with van der Waals surface area (Å²) in [5.41, 5.74) is -0.0786. The fourth-order valence-corrected chi connectivity index (χ4v) is 1.68. The average molecular weight is 247 g/mol. The van der Waals surface area contributed by atoms with Crippen molar-refractivity contribution in [2.24, 2.45) is 0 Å². The highest BCUT2D eigenvalue weighted by molar-refractivity contribution is 6.34. The third-order valence-corrected chi connectivity index (χ3v) is 2.39. The third-order valence-electron chi connectivity index (χ3n) is 2.05. The maximum atomic E-state index is 10.8.